The SMILES string of the molecule is C=C1C(=O)[C@](C)(C(=O)OCC2CC2)[C@H](CCc2ccc(NC(C)=O)cc2)O[C@@H]1C. The molecule has 0 aromatic heterocycles. The zero-order valence-electron chi connectivity index (χ0n) is 17.3. The standard InChI is InChI=1S/C23H29NO5/c1-14-15(2)29-20(12-9-17-7-10-19(11-8-17)24-16(3)25)23(4,21(14)26)22(27)28-13-18-5-6-18/h7-8,10-11,15,18,20H,1,5-6,9,12-13H2,2-4H3,(H,24,25)/t15-,20+,23-/m1/s1. The molecule has 3 rings (SSSR count). The molecular weight excluding hydrogens is 370 g/mol. The van der Waals surface area contributed by atoms with Crippen LogP contribution >= 0.6 is 0 Å². The molecule has 0 unspecified atom stereocenters. The number of rotatable bonds is 7. The van der Waals surface area contributed by atoms with Crippen molar-refractivity contribution in [3.63, 3.8) is 0 Å². The lowest BCUT2D eigenvalue weighted by atomic mass is 9.72. The first kappa shape index (κ1) is 21.2. The summed E-state index contributed by atoms with van der Waals surface area (Å²) in [6.45, 7) is 9.05. The Hall–Kier alpha value is -2.47. The second-order valence-electron chi connectivity index (χ2n) is 8.28. The van der Waals surface area contributed by atoms with Gasteiger partial charge in [-0.25, -0.2) is 0 Å². The highest BCUT2D eigenvalue weighted by molar-refractivity contribution is 6.13. The van der Waals surface area contributed by atoms with Gasteiger partial charge in [-0.15, -0.1) is 0 Å². The minimum Gasteiger partial charge on any atom is -0.465 e. The van der Waals surface area contributed by atoms with Crippen molar-refractivity contribution in [2.45, 2.75) is 58.7 Å². The van der Waals surface area contributed by atoms with Crippen LogP contribution in [0.2, 0.25) is 0 Å². The molecule has 6 nitrogen and oxygen atoms in total. The van der Waals surface area contributed by atoms with Gasteiger partial charge in [0.2, 0.25) is 5.91 Å². The number of ketones is 1. The largest absolute Gasteiger partial charge is 0.465 e. The summed E-state index contributed by atoms with van der Waals surface area (Å²) >= 11 is 0. The fourth-order valence-electron chi connectivity index (χ4n) is 3.59. The third-order valence-electron chi connectivity index (χ3n) is 5.81. The Morgan fingerprint density at radius 3 is 2.52 bits per heavy atom. The predicted octanol–water partition coefficient (Wildman–Crippen LogP) is 3.45. The van der Waals surface area contributed by atoms with Gasteiger partial charge in [-0.3, -0.25) is 14.4 Å². The van der Waals surface area contributed by atoms with Crippen LogP contribution in [0.25, 0.3) is 0 Å². The third kappa shape index (κ3) is 4.75. The lowest BCUT2D eigenvalue weighted by Gasteiger charge is -2.41. The first-order valence-corrected chi connectivity index (χ1v) is 10.1. The topological polar surface area (TPSA) is 81.7 Å². The molecule has 29 heavy (non-hydrogen) atoms. The van der Waals surface area contributed by atoms with Crippen LogP contribution in [0, 0.1) is 11.3 Å². The van der Waals surface area contributed by atoms with Gasteiger partial charge in [0.1, 0.15) is 0 Å². The molecule has 2 aliphatic rings. The van der Waals surface area contributed by atoms with Crippen LogP contribution < -0.4 is 5.32 Å². The van der Waals surface area contributed by atoms with E-state index in [1.807, 2.05) is 24.3 Å². The molecule has 3 atom stereocenters. The maximum atomic E-state index is 13.0. The highest BCUT2D eigenvalue weighted by Crippen LogP contribution is 2.40. The van der Waals surface area contributed by atoms with Crippen molar-refractivity contribution in [1.29, 1.82) is 0 Å². The minimum absolute atomic E-state index is 0.124. The van der Waals surface area contributed by atoms with Crippen molar-refractivity contribution in [2.75, 3.05) is 11.9 Å². The van der Waals surface area contributed by atoms with Crippen LogP contribution in [0.3, 0.4) is 0 Å². The van der Waals surface area contributed by atoms with Crippen LogP contribution in [0.5, 0.6) is 0 Å². The normalized spacial score (nSPS) is 26.9. The smallest absolute Gasteiger partial charge is 0.322 e. The van der Waals surface area contributed by atoms with Gasteiger partial charge in [0.25, 0.3) is 0 Å². The molecule has 0 spiro atoms. The fraction of sp³-hybridized carbons (Fsp3) is 0.522. The number of hydrogen-bond acceptors (Lipinski definition) is 5. The van der Waals surface area contributed by atoms with Crippen molar-refractivity contribution in [3.8, 4) is 0 Å². The summed E-state index contributed by atoms with van der Waals surface area (Å²) in [5.41, 5.74) is 0.686. The van der Waals surface area contributed by atoms with Crippen molar-refractivity contribution in [2.24, 2.45) is 11.3 Å². The van der Waals surface area contributed by atoms with Gasteiger partial charge in [-0.1, -0.05) is 18.7 Å². The number of carbonyl (C=O) groups is 3. The Labute approximate surface area is 171 Å². The lowest BCUT2D eigenvalue weighted by molar-refractivity contribution is -0.177. The Morgan fingerprint density at radius 2 is 1.93 bits per heavy atom. The van der Waals surface area contributed by atoms with Gasteiger partial charge >= 0.3 is 5.97 Å². The average molecular weight is 399 g/mol. The van der Waals surface area contributed by atoms with Crippen LogP contribution in [0.15, 0.2) is 36.4 Å². The number of Topliss-reactive ketones (excluding diaryl/α,β-unsaturated/α-hetero) is 1. The molecule has 0 bridgehead atoms. The highest BCUT2D eigenvalue weighted by Gasteiger charge is 2.55. The van der Waals surface area contributed by atoms with Gasteiger partial charge in [-0.2, -0.15) is 0 Å². The molecule has 2 fully saturated rings. The summed E-state index contributed by atoms with van der Waals surface area (Å²) in [6.07, 6.45) is 2.24. The number of esters is 1. The first-order chi connectivity index (χ1) is 13.7. The summed E-state index contributed by atoms with van der Waals surface area (Å²) < 4.78 is 11.5. The van der Waals surface area contributed by atoms with E-state index >= 15 is 0 Å². The van der Waals surface area contributed by atoms with Crippen molar-refractivity contribution >= 4 is 23.3 Å². The Balaban J connectivity index is 1.71. The number of nitrogens with one attached hydrogen (secondary N) is 1. The number of benzene rings is 1. The Morgan fingerprint density at radius 1 is 1.28 bits per heavy atom. The number of ether oxygens (including phenoxy) is 2. The number of anilines is 1. The van der Waals surface area contributed by atoms with Crippen molar-refractivity contribution in [1.82, 2.24) is 0 Å². The van der Waals surface area contributed by atoms with E-state index in [0.29, 0.717) is 30.9 Å². The van der Waals surface area contributed by atoms with Gasteiger partial charge < -0.3 is 14.8 Å². The van der Waals surface area contributed by atoms with Gasteiger partial charge in [0.05, 0.1) is 18.8 Å². The monoisotopic (exact) mass is 399 g/mol. The molecule has 1 saturated heterocycles. The molecule has 1 N–H and O–H groups in total. The molecule has 1 amide bonds. The van der Waals surface area contributed by atoms with E-state index < -0.39 is 23.6 Å². The summed E-state index contributed by atoms with van der Waals surface area (Å²) in [4.78, 5) is 37.0. The Kier molecular flexibility index (Phi) is 6.22. The van der Waals surface area contributed by atoms with Crippen LogP contribution in [-0.2, 0) is 30.3 Å². The maximum absolute atomic E-state index is 13.0. The summed E-state index contributed by atoms with van der Waals surface area (Å²) in [7, 11) is 0. The zero-order chi connectivity index (χ0) is 21.2. The van der Waals surface area contributed by atoms with E-state index in [4.69, 9.17) is 9.47 Å². The first-order valence-electron chi connectivity index (χ1n) is 10.1. The highest BCUT2D eigenvalue weighted by atomic mass is 16.5. The van der Waals surface area contributed by atoms with E-state index in [1.165, 1.54) is 6.92 Å². The zero-order valence-corrected chi connectivity index (χ0v) is 17.3. The van der Waals surface area contributed by atoms with E-state index in [1.54, 1.807) is 13.8 Å². The number of amides is 1. The molecule has 1 aromatic rings. The molecule has 1 aliphatic carbocycles. The Bertz CT molecular complexity index is 811. The molecule has 156 valence electrons. The van der Waals surface area contributed by atoms with Crippen LogP contribution in [0.1, 0.15) is 45.6 Å². The average Bonchev–Trinajstić information content (AvgIpc) is 3.51. The van der Waals surface area contributed by atoms with Crippen LogP contribution in [0.4, 0.5) is 5.69 Å². The summed E-state index contributed by atoms with van der Waals surface area (Å²) in [5, 5.41) is 2.73. The second-order valence-corrected chi connectivity index (χ2v) is 8.28. The second kappa shape index (κ2) is 8.49. The van der Waals surface area contributed by atoms with Gasteiger partial charge in [0, 0.05) is 18.2 Å². The van der Waals surface area contributed by atoms with Gasteiger partial charge in [-0.05, 0) is 63.1 Å². The predicted molar refractivity (Wildman–Crippen MR) is 109 cm³/mol. The molecule has 6 heteroatoms. The van der Waals surface area contributed by atoms with E-state index in [9.17, 15) is 14.4 Å². The molecule has 1 aromatic carbocycles. The fourth-order valence-corrected chi connectivity index (χ4v) is 3.59. The number of carbonyl (C=O) groups excluding carboxylic acids is 3. The third-order valence-corrected chi connectivity index (χ3v) is 5.81. The minimum atomic E-state index is -1.38. The maximum Gasteiger partial charge on any atom is 0.322 e. The van der Waals surface area contributed by atoms with Crippen molar-refractivity contribution < 1.29 is 23.9 Å². The quantitative estimate of drug-likeness (QED) is 0.431. The van der Waals surface area contributed by atoms with Gasteiger partial charge in [0.15, 0.2) is 11.2 Å². The lowest BCUT2D eigenvalue weighted by Crippen LogP contribution is -2.55. The van der Waals surface area contributed by atoms with Crippen molar-refractivity contribution in [3.05, 3.63) is 42.0 Å². The molecule has 1 aliphatic heterocycles. The van der Waals surface area contributed by atoms with E-state index in [0.717, 1.165) is 24.1 Å². The van der Waals surface area contributed by atoms with E-state index in [2.05, 4.69) is 11.9 Å². The summed E-state index contributed by atoms with van der Waals surface area (Å²) in [5.74, 6) is -0.511. The number of aryl methyl sites for hydroxylation is 1. The molecule has 0 radical (unpaired) electrons. The summed E-state index contributed by atoms with van der Waals surface area (Å²) in [6, 6.07) is 7.50. The molecule has 1 saturated carbocycles. The van der Waals surface area contributed by atoms with E-state index in [-0.39, 0.29) is 11.7 Å². The molecular formula is C23H29NO5. The number of hydrogen-bond donors (Lipinski definition) is 1. The van der Waals surface area contributed by atoms with Crippen LogP contribution in [-0.4, -0.2) is 36.5 Å². The molecule has 1 heterocycles.